The normalized spacial score (nSPS) is 14.0. The molecular formula is C15H23ClN2O4S. The number of sulfonamides is 1. The second-order valence-corrected chi connectivity index (χ2v) is 7.66. The number of benzene rings is 1. The van der Waals surface area contributed by atoms with Crippen molar-refractivity contribution in [2.45, 2.75) is 39.3 Å². The molecular weight excluding hydrogens is 340 g/mol. The van der Waals surface area contributed by atoms with Gasteiger partial charge in [-0.3, -0.25) is 9.10 Å². The van der Waals surface area contributed by atoms with Gasteiger partial charge >= 0.3 is 0 Å². The van der Waals surface area contributed by atoms with Crippen LogP contribution in [0.4, 0.5) is 5.69 Å². The van der Waals surface area contributed by atoms with E-state index < -0.39 is 16.1 Å². The smallest absolute Gasteiger partial charge is 0.243 e. The molecule has 1 amide bonds. The third kappa shape index (κ3) is 5.00. The van der Waals surface area contributed by atoms with Crippen LogP contribution in [0.25, 0.3) is 0 Å². The maximum atomic E-state index is 12.4. The molecule has 8 heteroatoms. The highest BCUT2D eigenvalue weighted by molar-refractivity contribution is 7.92. The Labute approximate surface area is 142 Å². The zero-order chi connectivity index (χ0) is 17.8. The summed E-state index contributed by atoms with van der Waals surface area (Å²) in [7, 11) is -2.29. The molecule has 0 spiro atoms. The summed E-state index contributed by atoms with van der Waals surface area (Å²) in [5.41, 5.74) is 0.231. The number of nitrogens with zero attached hydrogens (tertiary/aromatic N) is 1. The van der Waals surface area contributed by atoms with Crippen molar-refractivity contribution < 1.29 is 17.9 Å². The van der Waals surface area contributed by atoms with Gasteiger partial charge in [-0.25, -0.2) is 8.42 Å². The quantitative estimate of drug-likeness (QED) is 0.808. The lowest BCUT2D eigenvalue weighted by molar-refractivity contribution is -0.122. The van der Waals surface area contributed by atoms with Crippen molar-refractivity contribution in [1.29, 1.82) is 0 Å². The van der Waals surface area contributed by atoms with Crippen LogP contribution in [-0.4, -0.2) is 39.8 Å². The molecule has 23 heavy (non-hydrogen) atoms. The summed E-state index contributed by atoms with van der Waals surface area (Å²) in [5, 5.41) is 3.14. The third-order valence-corrected chi connectivity index (χ3v) is 4.93. The van der Waals surface area contributed by atoms with Crippen LogP contribution in [-0.2, 0) is 14.8 Å². The number of ether oxygens (including phenoxy) is 1. The predicted octanol–water partition coefficient (Wildman–Crippen LogP) is 2.42. The number of carbonyl (C=O) groups excluding carboxylic acids is 1. The summed E-state index contributed by atoms with van der Waals surface area (Å²) < 4.78 is 30.8. The molecule has 1 aromatic carbocycles. The second-order valence-electron chi connectivity index (χ2n) is 5.37. The first kappa shape index (κ1) is 19.6. The van der Waals surface area contributed by atoms with Gasteiger partial charge in [0.25, 0.3) is 0 Å². The van der Waals surface area contributed by atoms with Gasteiger partial charge in [0, 0.05) is 11.1 Å². The molecule has 0 aliphatic heterocycles. The van der Waals surface area contributed by atoms with Crippen molar-refractivity contribution in [1.82, 2.24) is 5.32 Å². The number of hydrogen-bond donors (Lipinski definition) is 1. The maximum Gasteiger partial charge on any atom is 0.243 e. The molecule has 0 bridgehead atoms. The molecule has 0 fully saturated rings. The molecule has 0 saturated heterocycles. The van der Waals surface area contributed by atoms with E-state index in [0.717, 1.165) is 17.0 Å². The van der Waals surface area contributed by atoms with Gasteiger partial charge < -0.3 is 10.1 Å². The predicted molar refractivity (Wildman–Crippen MR) is 92.7 cm³/mol. The van der Waals surface area contributed by atoms with Crippen molar-refractivity contribution in [3.63, 3.8) is 0 Å². The molecule has 0 aromatic heterocycles. The average Bonchev–Trinajstić information content (AvgIpc) is 2.45. The fourth-order valence-corrected chi connectivity index (χ4v) is 3.42. The first-order chi connectivity index (χ1) is 10.6. The van der Waals surface area contributed by atoms with Gasteiger partial charge in [0.05, 0.1) is 19.1 Å². The van der Waals surface area contributed by atoms with Crippen molar-refractivity contribution >= 4 is 33.2 Å². The Balaban J connectivity index is 3.32. The van der Waals surface area contributed by atoms with Crippen molar-refractivity contribution in [3.05, 3.63) is 23.2 Å². The van der Waals surface area contributed by atoms with E-state index >= 15 is 0 Å². The number of halogens is 1. The van der Waals surface area contributed by atoms with E-state index in [9.17, 15) is 13.2 Å². The van der Waals surface area contributed by atoms with Crippen LogP contribution in [0.15, 0.2) is 18.2 Å². The van der Waals surface area contributed by atoms with E-state index in [2.05, 4.69) is 5.32 Å². The van der Waals surface area contributed by atoms with Gasteiger partial charge in [-0.2, -0.15) is 0 Å². The molecule has 1 rings (SSSR count). The number of methoxy groups -OCH3 is 1. The average molecular weight is 363 g/mol. The molecule has 1 aromatic rings. The monoisotopic (exact) mass is 362 g/mol. The Kier molecular flexibility index (Phi) is 6.70. The van der Waals surface area contributed by atoms with E-state index in [-0.39, 0.29) is 17.6 Å². The molecule has 0 aliphatic rings. The van der Waals surface area contributed by atoms with E-state index in [1.807, 2.05) is 13.8 Å². The summed E-state index contributed by atoms with van der Waals surface area (Å²) in [6.07, 6.45) is 1.79. The number of anilines is 1. The third-order valence-electron chi connectivity index (χ3n) is 3.47. The summed E-state index contributed by atoms with van der Waals surface area (Å²) >= 11 is 5.98. The number of rotatable bonds is 7. The molecule has 0 unspecified atom stereocenters. The first-order valence-corrected chi connectivity index (χ1v) is 9.47. The molecule has 0 radical (unpaired) electrons. The maximum absolute atomic E-state index is 12.4. The van der Waals surface area contributed by atoms with Crippen LogP contribution in [0.1, 0.15) is 27.2 Å². The van der Waals surface area contributed by atoms with Gasteiger partial charge in [0.2, 0.25) is 15.9 Å². The minimum atomic E-state index is -3.72. The highest BCUT2D eigenvalue weighted by Crippen LogP contribution is 2.34. The topological polar surface area (TPSA) is 75.7 Å². The Hall–Kier alpha value is -1.47. The molecule has 0 aliphatic carbocycles. The fourth-order valence-electron chi connectivity index (χ4n) is 2.08. The molecule has 0 saturated carbocycles. The standard InChI is InChI=1S/C15H23ClN2O4S/c1-6-10(2)17-15(19)11(3)18(23(5,20)21)13-9-12(16)7-8-14(13)22-4/h7-11H,6H2,1-5H3,(H,17,19)/t10-,11-/m1/s1. The van der Waals surface area contributed by atoms with Crippen molar-refractivity contribution in [3.8, 4) is 5.75 Å². The van der Waals surface area contributed by atoms with Crippen molar-refractivity contribution in [2.24, 2.45) is 0 Å². The molecule has 2 atom stereocenters. The number of amides is 1. The Morgan fingerprint density at radius 3 is 2.48 bits per heavy atom. The number of carbonyl (C=O) groups is 1. The van der Waals surface area contributed by atoms with Gasteiger partial charge in [0.1, 0.15) is 11.8 Å². The zero-order valence-electron chi connectivity index (χ0n) is 14.0. The Morgan fingerprint density at radius 1 is 1.39 bits per heavy atom. The number of hydrogen-bond acceptors (Lipinski definition) is 4. The molecule has 0 heterocycles. The summed E-state index contributed by atoms with van der Waals surface area (Å²) in [5.74, 6) is -0.0604. The lowest BCUT2D eigenvalue weighted by atomic mass is 10.2. The van der Waals surface area contributed by atoms with Gasteiger partial charge in [-0.1, -0.05) is 18.5 Å². The highest BCUT2D eigenvalue weighted by Gasteiger charge is 2.31. The van der Waals surface area contributed by atoms with Crippen LogP contribution < -0.4 is 14.4 Å². The van der Waals surface area contributed by atoms with Crippen LogP contribution in [0.3, 0.4) is 0 Å². The summed E-state index contributed by atoms with van der Waals surface area (Å²) in [4.78, 5) is 12.4. The number of nitrogens with one attached hydrogen (secondary N) is 1. The summed E-state index contributed by atoms with van der Waals surface area (Å²) in [6, 6.07) is 3.64. The minimum absolute atomic E-state index is 0.0485. The first-order valence-electron chi connectivity index (χ1n) is 7.25. The van der Waals surface area contributed by atoms with E-state index in [1.54, 1.807) is 12.1 Å². The molecule has 130 valence electrons. The SMILES string of the molecule is CC[C@@H](C)NC(=O)[C@@H](C)N(c1cc(Cl)ccc1OC)S(C)(=O)=O. The lowest BCUT2D eigenvalue weighted by Gasteiger charge is -2.30. The Morgan fingerprint density at radius 2 is 2.00 bits per heavy atom. The van der Waals surface area contributed by atoms with E-state index in [1.165, 1.54) is 20.1 Å². The Bertz CT molecular complexity index is 663. The fraction of sp³-hybridized carbons (Fsp3) is 0.533. The van der Waals surface area contributed by atoms with Crippen LogP contribution in [0.2, 0.25) is 5.02 Å². The van der Waals surface area contributed by atoms with Gasteiger partial charge in [-0.05, 0) is 38.5 Å². The zero-order valence-corrected chi connectivity index (χ0v) is 15.5. The lowest BCUT2D eigenvalue weighted by Crippen LogP contribution is -2.49. The minimum Gasteiger partial charge on any atom is -0.495 e. The summed E-state index contributed by atoms with van der Waals surface area (Å²) in [6.45, 7) is 5.32. The van der Waals surface area contributed by atoms with E-state index in [4.69, 9.17) is 16.3 Å². The van der Waals surface area contributed by atoms with Crippen LogP contribution in [0, 0.1) is 0 Å². The largest absolute Gasteiger partial charge is 0.495 e. The van der Waals surface area contributed by atoms with Crippen molar-refractivity contribution in [2.75, 3.05) is 17.7 Å². The van der Waals surface area contributed by atoms with Gasteiger partial charge in [-0.15, -0.1) is 0 Å². The van der Waals surface area contributed by atoms with E-state index in [0.29, 0.717) is 10.8 Å². The molecule has 6 nitrogen and oxygen atoms in total. The highest BCUT2D eigenvalue weighted by atomic mass is 35.5. The van der Waals surface area contributed by atoms with Crippen LogP contribution in [0.5, 0.6) is 5.75 Å². The van der Waals surface area contributed by atoms with Crippen LogP contribution >= 0.6 is 11.6 Å². The molecule has 1 N–H and O–H groups in total. The second kappa shape index (κ2) is 7.88. The van der Waals surface area contributed by atoms with Gasteiger partial charge in [0.15, 0.2) is 0 Å².